The Kier molecular flexibility index (Phi) is 3.59. The summed E-state index contributed by atoms with van der Waals surface area (Å²) in [4.78, 5) is 10.7. The van der Waals surface area contributed by atoms with Crippen LogP contribution in [0.2, 0.25) is 0 Å². The molecule has 1 aliphatic heterocycles. The largest absolute Gasteiger partial charge is 0.481 e. The summed E-state index contributed by atoms with van der Waals surface area (Å²) in [6, 6.07) is 0. The summed E-state index contributed by atoms with van der Waals surface area (Å²) in [5.41, 5.74) is 0. The molecule has 1 fully saturated rings. The van der Waals surface area contributed by atoms with Gasteiger partial charge in [-0.15, -0.1) is 0 Å². The molecule has 1 saturated heterocycles. The van der Waals surface area contributed by atoms with Gasteiger partial charge in [0.15, 0.2) is 0 Å². The number of nitrogens with one attached hydrogen (secondary N) is 1. The van der Waals surface area contributed by atoms with E-state index >= 15 is 0 Å². The second-order valence-corrected chi connectivity index (χ2v) is 3.32. The van der Waals surface area contributed by atoms with Crippen molar-refractivity contribution in [3.05, 3.63) is 0 Å². The predicted octanol–water partition coefficient (Wildman–Crippen LogP) is 0.952. The monoisotopic (exact) mass is 193 g/mol. The quantitative estimate of drug-likeness (QED) is 0.701. The summed E-state index contributed by atoms with van der Waals surface area (Å²) in [7, 11) is 0. The number of piperidine rings is 1. The minimum absolute atomic E-state index is 0.316. The van der Waals surface area contributed by atoms with Gasteiger partial charge in [0.1, 0.15) is 0 Å². The van der Waals surface area contributed by atoms with Crippen LogP contribution < -0.4 is 5.32 Å². The Morgan fingerprint density at radius 3 is 2.85 bits per heavy atom. The van der Waals surface area contributed by atoms with Crippen LogP contribution in [0.15, 0.2) is 0 Å². The predicted molar refractivity (Wildman–Crippen MR) is 42.7 cm³/mol. The molecule has 2 atom stereocenters. The fourth-order valence-electron chi connectivity index (χ4n) is 1.72. The molecule has 2 unspecified atom stereocenters. The lowest BCUT2D eigenvalue weighted by molar-refractivity contribution is -0.145. The van der Waals surface area contributed by atoms with Crippen molar-refractivity contribution in [2.75, 3.05) is 13.1 Å². The number of rotatable bonds is 3. The van der Waals surface area contributed by atoms with Crippen molar-refractivity contribution in [1.82, 2.24) is 5.32 Å². The van der Waals surface area contributed by atoms with E-state index in [0.717, 1.165) is 0 Å². The molecule has 0 radical (unpaired) electrons. The van der Waals surface area contributed by atoms with Crippen LogP contribution in [0.5, 0.6) is 0 Å². The Hall–Kier alpha value is -0.710. The average molecular weight is 193 g/mol. The number of hydrogen-bond donors (Lipinski definition) is 2. The fourth-order valence-corrected chi connectivity index (χ4v) is 1.72. The maximum Gasteiger partial charge on any atom is 0.306 e. The second-order valence-electron chi connectivity index (χ2n) is 3.32. The van der Waals surface area contributed by atoms with Gasteiger partial charge >= 0.3 is 5.97 Å². The van der Waals surface area contributed by atoms with Gasteiger partial charge in [0.25, 0.3) is 0 Å². The van der Waals surface area contributed by atoms with Crippen molar-refractivity contribution in [1.29, 1.82) is 0 Å². The maximum absolute atomic E-state index is 12.0. The van der Waals surface area contributed by atoms with E-state index in [0.29, 0.717) is 19.5 Å². The molecule has 0 spiro atoms. The van der Waals surface area contributed by atoms with Crippen molar-refractivity contribution >= 4 is 5.97 Å². The van der Waals surface area contributed by atoms with E-state index in [4.69, 9.17) is 5.11 Å². The molecule has 2 N–H and O–H groups in total. The van der Waals surface area contributed by atoms with Crippen molar-refractivity contribution < 1.29 is 18.7 Å². The summed E-state index contributed by atoms with van der Waals surface area (Å²) < 4.78 is 24.1. The lowest BCUT2D eigenvalue weighted by Gasteiger charge is -2.28. The van der Waals surface area contributed by atoms with Crippen LogP contribution in [0.4, 0.5) is 8.78 Å². The first kappa shape index (κ1) is 10.4. The van der Waals surface area contributed by atoms with Gasteiger partial charge in [-0.25, -0.2) is 8.78 Å². The zero-order chi connectivity index (χ0) is 9.84. The molecule has 0 aromatic carbocycles. The topological polar surface area (TPSA) is 49.3 Å². The minimum Gasteiger partial charge on any atom is -0.481 e. The molecule has 76 valence electrons. The SMILES string of the molecule is O=C(O)C1CCNCC1CC(F)F. The molecule has 0 aromatic heterocycles. The molecule has 0 aromatic rings. The number of carbonyl (C=O) groups is 1. The van der Waals surface area contributed by atoms with E-state index in [1.807, 2.05) is 0 Å². The summed E-state index contributed by atoms with van der Waals surface area (Å²) in [6.45, 7) is 0.998. The summed E-state index contributed by atoms with van der Waals surface area (Å²) >= 11 is 0. The lowest BCUT2D eigenvalue weighted by atomic mass is 9.84. The maximum atomic E-state index is 12.0. The molecule has 1 aliphatic rings. The number of hydrogen-bond acceptors (Lipinski definition) is 2. The van der Waals surface area contributed by atoms with Crippen LogP contribution in [0, 0.1) is 11.8 Å². The highest BCUT2D eigenvalue weighted by Crippen LogP contribution is 2.25. The molecular weight excluding hydrogens is 180 g/mol. The van der Waals surface area contributed by atoms with Crippen LogP contribution in [0.25, 0.3) is 0 Å². The molecule has 0 saturated carbocycles. The van der Waals surface area contributed by atoms with E-state index in [9.17, 15) is 13.6 Å². The van der Waals surface area contributed by atoms with Crippen molar-refractivity contribution in [3.8, 4) is 0 Å². The van der Waals surface area contributed by atoms with Crippen molar-refractivity contribution in [2.45, 2.75) is 19.3 Å². The summed E-state index contributed by atoms with van der Waals surface area (Å²) in [5, 5.41) is 11.7. The second kappa shape index (κ2) is 4.50. The molecular formula is C8H13F2NO2. The molecule has 3 nitrogen and oxygen atoms in total. The third-order valence-electron chi connectivity index (χ3n) is 2.41. The van der Waals surface area contributed by atoms with E-state index in [1.165, 1.54) is 0 Å². The molecule has 0 amide bonds. The van der Waals surface area contributed by atoms with Crippen LogP contribution in [-0.4, -0.2) is 30.6 Å². The third-order valence-corrected chi connectivity index (χ3v) is 2.41. The van der Waals surface area contributed by atoms with Crippen molar-refractivity contribution in [2.24, 2.45) is 11.8 Å². The Morgan fingerprint density at radius 1 is 1.62 bits per heavy atom. The first-order valence-electron chi connectivity index (χ1n) is 4.33. The highest BCUT2D eigenvalue weighted by Gasteiger charge is 2.32. The zero-order valence-corrected chi connectivity index (χ0v) is 7.17. The smallest absolute Gasteiger partial charge is 0.306 e. The Morgan fingerprint density at radius 2 is 2.31 bits per heavy atom. The van der Waals surface area contributed by atoms with Gasteiger partial charge in [-0.2, -0.15) is 0 Å². The van der Waals surface area contributed by atoms with Crippen LogP contribution in [-0.2, 0) is 4.79 Å². The highest BCUT2D eigenvalue weighted by molar-refractivity contribution is 5.70. The number of carboxylic acid groups (broad SMARTS) is 1. The van der Waals surface area contributed by atoms with Gasteiger partial charge in [-0.05, 0) is 25.4 Å². The van der Waals surface area contributed by atoms with Gasteiger partial charge in [0.2, 0.25) is 6.43 Å². The number of alkyl halides is 2. The van der Waals surface area contributed by atoms with E-state index in [-0.39, 0.29) is 6.42 Å². The zero-order valence-electron chi connectivity index (χ0n) is 7.17. The molecule has 1 heterocycles. The third kappa shape index (κ3) is 2.91. The highest BCUT2D eigenvalue weighted by atomic mass is 19.3. The molecule has 1 rings (SSSR count). The number of aliphatic carboxylic acids is 1. The van der Waals surface area contributed by atoms with E-state index in [2.05, 4.69) is 5.32 Å². The van der Waals surface area contributed by atoms with Crippen LogP contribution >= 0.6 is 0 Å². The average Bonchev–Trinajstić information content (AvgIpc) is 2.03. The van der Waals surface area contributed by atoms with Gasteiger partial charge < -0.3 is 10.4 Å². The van der Waals surface area contributed by atoms with E-state index < -0.39 is 24.2 Å². The Labute approximate surface area is 75.1 Å². The molecule has 0 bridgehead atoms. The molecule has 13 heavy (non-hydrogen) atoms. The number of halogens is 2. The Bertz CT molecular complexity index is 187. The standard InChI is InChI=1S/C8H13F2NO2/c9-7(10)3-5-4-11-2-1-6(5)8(12)13/h5-7,11H,1-4H2,(H,12,13). The van der Waals surface area contributed by atoms with Gasteiger partial charge in [-0.1, -0.05) is 0 Å². The first-order valence-corrected chi connectivity index (χ1v) is 4.33. The normalized spacial score (nSPS) is 29.2. The lowest BCUT2D eigenvalue weighted by Crippen LogP contribution is -2.40. The minimum atomic E-state index is -2.41. The Balaban J connectivity index is 2.51. The van der Waals surface area contributed by atoms with Crippen LogP contribution in [0.1, 0.15) is 12.8 Å². The van der Waals surface area contributed by atoms with Gasteiger partial charge in [0.05, 0.1) is 5.92 Å². The van der Waals surface area contributed by atoms with Gasteiger partial charge in [0, 0.05) is 6.42 Å². The molecule has 5 heteroatoms. The van der Waals surface area contributed by atoms with E-state index in [1.54, 1.807) is 0 Å². The molecule has 0 aliphatic carbocycles. The summed E-state index contributed by atoms with van der Waals surface area (Å²) in [5.74, 6) is -1.98. The number of carboxylic acids is 1. The summed E-state index contributed by atoms with van der Waals surface area (Å²) in [6.07, 6.45) is -2.27. The van der Waals surface area contributed by atoms with Gasteiger partial charge in [-0.3, -0.25) is 4.79 Å². The fraction of sp³-hybridized carbons (Fsp3) is 0.875. The van der Waals surface area contributed by atoms with Crippen molar-refractivity contribution in [3.63, 3.8) is 0 Å². The first-order chi connectivity index (χ1) is 6.11. The van der Waals surface area contributed by atoms with Crippen LogP contribution in [0.3, 0.4) is 0 Å².